The van der Waals surface area contributed by atoms with Gasteiger partial charge in [0.2, 0.25) is 0 Å². The molecule has 1 saturated heterocycles. The van der Waals surface area contributed by atoms with Crippen LogP contribution in [-0.4, -0.2) is 37.2 Å². The van der Waals surface area contributed by atoms with Gasteiger partial charge >= 0.3 is 5.97 Å². The van der Waals surface area contributed by atoms with Gasteiger partial charge in [-0.2, -0.15) is 0 Å². The van der Waals surface area contributed by atoms with Gasteiger partial charge < -0.3 is 21.5 Å². The summed E-state index contributed by atoms with van der Waals surface area (Å²) in [4.78, 5) is 12.0. The predicted molar refractivity (Wildman–Crippen MR) is 74.3 cm³/mol. The van der Waals surface area contributed by atoms with Crippen molar-refractivity contribution in [3.8, 4) is 0 Å². The smallest absolute Gasteiger partial charge is 0.332 e. The maximum absolute atomic E-state index is 12.0. The average molecular weight is 265 g/mol. The van der Waals surface area contributed by atoms with Crippen LogP contribution in [0.1, 0.15) is 19.3 Å². The maximum Gasteiger partial charge on any atom is 0.332 e. The van der Waals surface area contributed by atoms with Crippen molar-refractivity contribution in [1.29, 1.82) is 0 Å². The zero-order valence-electron chi connectivity index (χ0n) is 11.2. The number of hydrogen-bond acceptors (Lipinski definition) is 5. The molecule has 0 aromatic rings. The van der Waals surface area contributed by atoms with Crippen molar-refractivity contribution in [2.75, 3.05) is 19.7 Å². The molecule has 0 amide bonds. The minimum Gasteiger partial charge on any atom is -0.464 e. The molecule has 0 aromatic carbocycles. The van der Waals surface area contributed by atoms with E-state index in [1.165, 1.54) is 0 Å². The second-order valence-corrected chi connectivity index (χ2v) is 5.32. The number of allylic oxidation sites excluding steroid dienone is 2. The zero-order chi connectivity index (χ0) is 13.7. The molecule has 1 aliphatic carbocycles. The summed E-state index contributed by atoms with van der Waals surface area (Å²) in [6, 6.07) is -0.524. The van der Waals surface area contributed by atoms with Crippen molar-refractivity contribution in [2.45, 2.75) is 30.8 Å². The molecular formula is C14H23N3O2. The first-order valence-corrected chi connectivity index (χ1v) is 6.91. The predicted octanol–water partition coefficient (Wildman–Crippen LogP) is 0.0701. The number of carbonyl (C=O) groups is 1. The van der Waals surface area contributed by atoms with E-state index in [2.05, 4.69) is 5.32 Å². The Morgan fingerprint density at radius 3 is 2.79 bits per heavy atom. The van der Waals surface area contributed by atoms with Crippen LogP contribution >= 0.6 is 0 Å². The standard InChI is InChI=1S/C14H23N3O2/c15-12-3-1-2-7-14(12,16)13(18)19-10-6-11-4-8-17-9-5-11/h1-3,7,11-12,17H,4-6,8-10,15-16H2. The van der Waals surface area contributed by atoms with Gasteiger partial charge in [0.05, 0.1) is 12.6 Å². The van der Waals surface area contributed by atoms with E-state index in [0.29, 0.717) is 12.5 Å². The van der Waals surface area contributed by atoms with E-state index in [1.54, 1.807) is 24.3 Å². The van der Waals surface area contributed by atoms with Crippen LogP contribution in [-0.2, 0) is 9.53 Å². The van der Waals surface area contributed by atoms with Gasteiger partial charge in [0.15, 0.2) is 5.54 Å². The largest absolute Gasteiger partial charge is 0.464 e. The van der Waals surface area contributed by atoms with E-state index in [9.17, 15) is 4.79 Å². The molecule has 2 atom stereocenters. The summed E-state index contributed by atoms with van der Waals surface area (Å²) in [5.41, 5.74) is 10.7. The van der Waals surface area contributed by atoms with E-state index < -0.39 is 17.6 Å². The highest BCUT2D eigenvalue weighted by atomic mass is 16.5. The second kappa shape index (κ2) is 6.32. The Morgan fingerprint density at radius 2 is 2.11 bits per heavy atom. The first kappa shape index (κ1) is 14.2. The lowest BCUT2D eigenvalue weighted by Gasteiger charge is -2.30. The molecule has 0 spiro atoms. The molecule has 2 unspecified atom stereocenters. The monoisotopic (exact) mass is 265 g/mol. The van der Waals surface area contributed by atoms with Gasteiger partial charge in [-0.1, -0.05) is 24.3 Å². The van der Waals surface area contributed by atoms with Crippen LogP contribution in [0.5, 0.6) is 0 Å². The van der Waals surface area contributed by atoms with Crippen molar-refractivity contribution < 1.29 is 9.53 Å². The Morgan fingerprint density at radius 1 is 1.37 bits per heavy atom. The number of esters is 1. The van der Waals surface area contributed by atoms with E-state index >= 15 is 0 Å². The third-order valence-corrected chi connectivity index (χ3v) is 3.92. The molecule has 1 fully saturated rings. The van der Waals surface area contributed by atoms with E-state index in [1.807, 2.05) is 0 Å². The molecule has 0 radical (unpaired) electrons. The first-order valence-electron chi connectivity index (χ1n) is 6.91. The summed E-state index contributed by atoms with van der Waals surface area (Å²) in [5.74, 6) is 0.202. The lowest BCUT2D eigenvalue weighted by Crippen LogP contribution is -2.60. The van der Waals surface area contributed by atoms with Crippen molar-refractivity contribution >= 4 is 5.97 Å². The fourth-order valence-corrected chi connectivity index (χ4v) is 2.49. The molecule has 0 bridgehead atoms. The Bertz CT molecular complexity index is 375. The minimum atomic E-state index is -1.22. The zero-order valence-corrected chi connectivity index (χ0v) is 11.2. The van der Waals surface area contributed by atoms with Gasteiger partial charge in [-0.3, -0.25) is 0 Å². The van der Waals surface area contributed by atoms with Crippen LogP contribution in [0.3, 0.4) is 0 Å². The minimum absolute atomic E-state index is 0.423. The fraction of sp³-hybridized carbons (Fsp3) is 0.643. The Hall–Kier alpha value is -1.17. The molecule has 0 saturated carbocycles. The quantitative estimate of drug-likeness (QED) is 0.626. The summed E-state index contributed by atoms with van der Waals surface area (Å²) in [5, 5.41) is 3.32. The molecule has 2 aliphatic rings. The van der Waals surface area contributed by atoms with Crippen LogP contribution in [0.4, 0.5) is 0 Å². The molecular weight excluding hydrogens is 242 g/mol. The van der Waals surface area contributed by atoms with Gasteiger partial charge in [0, 0.05) is 0 Å². The number of nitrogens with two attached hydrogens (primary N) is 2. The van der Waals surface area contributed by atoms with E-state index in [-0.39, 0.29) is 0 Å². The van der Waals surface area contributed by atoms with Crippen LogP contribution in [0.25, 0.3) is 0 Å². The fourth-order valence-electron chi connectivity index (χ4n) is 2.49. The molecule has 1 heterocycles. The van der Waals surface area contributed by atoms with E-state index in [0.717, 1.165) is 32.4 Å². The highest BCUT2D eigenvalue weighted by molar-refractivity contribution is 5.85. The normalized spacial score (nSPS) is 31.4. The lowest BCUT2D eigenvalue weighted by molar-refractivity contribution is -0.149. The highest BCUT2D eigenvalue weighted by Gasteiger charge is 2.39. The van der Waals surface area contributed by atoms with Crippen molar-refractivity contribution in [3.05, 3.63) is 24.3 Å². The molecule has 5 nitrogen and oxygen atoms in total. The van der Waals surface area contributed by atoms with Crippen molar-refractivity contribution in [3.63, 3.8) is 0 Å². The SMILES string of the molecule is NC1C=CC=CC1(N)C(=O)OCCC1CCNCC1. The van der Waals surface area contributed by atoms with Gasteiger partial charge in [-0.15, -0.1) is 0 Å². The van der Waals surface area contributed by atoms with Crippen molar-refractivity contribution in [1.82, 2.24) is 5.32 Å². The molecule has 5 N–H and O–H groups in total. The molecule has 0 aromatic heterocycles. The van der Waals surface area contributed by atoms with Crippen LogP contribution in [0, 0.1) is 5.92 Å². The average Bonchev–Trinajstić information content (AvgIpc) is 2.43. The van der Waals surface area contributed by atoms with Crippen LogP contribution in [0.15, 0.2) is 24.3 Å². The number of piperidine rings is 1. The molecule has 19 heavy (non-hydrogen) atoms. The third kappa shape index (κ3) is 3.43. The number of hydrogen-bond donors (Lipinski definition) is 3. The molecule has 5 heteroatoms. The number of carbonyl (C=O) groups excluding carboxylic acids is 1. The molecule has 106 valence electrons. The summed E-state index contributed by atoms with van der Waals surface area (Å²) < 4.78 is 5.31. The third-order valence-electron chi connectivity index (χ3n) is 3.92. The first-order chi connectivity index (χ1) is 9.13. The summed E-state index contributed by atoms with van der Waals surface area (Å²) in [6.45, 7) is 2.53. The Labute approximate surface area is 114 Å². The van der Waals surface area contributed by atoms with Gasteiger partial charge in [0.1, 0.15) is 0 Å². The summed E-state index contributed by atoms with van der Waals surface area (Å²) in [7, 11) is 0. The molecule has 2 rings (SSSR count). The van der Waals surface area contributed by atoms with Gasteiger partial charge in [-0.25, -0.2) is 4.79 Å². The van der Waals surface area contributed by atoms with Crippen molar-refractivity contribution in [2.24, 2.45) is 17.4 Å². The van der Waals surface area contributed by atoms with Gasteiger partial charge in [0.25, 0.3) is 0 Å². The second-order valence-electron chi connectivity index (χ2n) is 5.32. The topological polar surface area (TPSA) is 90.4 Å². The Kier molecular flexibility index (Phi) is 4.74. The lowest BCUT2D eigenvalue weighted by atomic mass is 9.88. The Balaban J connectivity index is 1.77. The van der Waals surface area contributed by atoms with Gasteiger partial charge in [-0.05, 0) is 38.3 Å². The molecule has 1 aliphatic heterocycles. The highest BCUT2D eigenvalue weighted by Crippen LogP contribution is 2.18. The number of rotatable bonds is 4. The van der Waals surface area contributed by atoms with E-state index in [4.69, 9.17) is 16.2 Å². The summed E-state index contributed by atoms with van der Waals surface area (Å²) >= 11 is 0. The maximum atomic E-state index is 12.0. The van der Waals surface area contributed by atoms with Crippen LogP contribution in [0.2, 0.25) is 0 Å². The van der Waals surface area contributed by atoms with Crippen LogP contribution < -0.4 is 16.8 Å². The number of ether oxygens (including phenoxy) is 1. The number of nitrogens with one attached hydrogen (secondary N) is 1. The summed E-state index contributed by atoms with van der Waals surface area (Å²) in [6.07, 6.45) is 10.0.